The summed E-state index contributed by atoms with van der Waals surface area (Å²) in [7, 11) is -10.2. The largest absolute Gasteiger partial charge is 0.504 e. The maximum Gasteiger partial charge on any atom is 0.310 e. The van der Waals surface area contributed by atoms with Gasteiger partial charge in [0.1, 0.15) is 23.6 Å². The van der Waals surface area contributed by atoms with Crippen molar-refractivity contribution in [2.75, 3.05) is 31.6 Å². The van der Waals surface area contributed by atoms with Crippen molar-refractivity contribution in [3.05, 3.63) is 75.2 Å². The van der Waals surface area contributed by atoms with Crippen LogP contribution >= 0.6 is 10.2 Å². The summed E-state index contributed by atoms with van der Waals surface area (Å²) >= 11 is 0. The van der Waals surface area contributed by atoms with E-state index < -0.39 is 56.0 Å². The van der Waals surface area contributed by atoms with Crippen LogP contribution in [0.3, 0.4) is 0 Å². The Balaban J connectivity index is 1.16. The molecule has 2 atom stereocenters. The molecule has 5 heterocycles. The number of rotatable bonds is 6. The SMILES string of the molecule is Cc1ncnc(C(=O)N2CCC3(CC2)c2c(n(CC(=O)Nc4ccc(S(F)(F)(F)(F)F)cc4F)c4nc(C5=CCOCC5)nn4c2=O)[C@H]2C[C@H]23)c1O. The molecule has 3 aromatic heterocycles. The molecule has 2 aliphatic heterocycles. The summed E-state index contributed by atoms with van der Waals surface area (Å²) < 4.78 is 89.1. The molecule has 1 saturated heterocycles. The van der Waals surface area contributed by atoms with E-state index in [0.717, 1.165) is 4.52 Å². The lowest BCUT2D eigenvalue weighted by Crippen LogP contribution is -2.48. The van der Waals surface area contributed by atoms with Gasteiger partial charge in [-0.15, -0.1) is 5.10 Å². The van der Waals surface area contributed by atoms with Crippen molar-refractivity contribution < 1.29 is 43.3 Å². The third kappa shape index (κ3) is 5.49. The topological polar surface area (TPSA) is 157 Å². The number of nitrogens with zero attached hydrogens (tertiary/aromatic N) is 7. The summed E-state index contributed by atoms with van der Waals surface area (Å²) in [4.78, 5) is 52.8. The van der Waals surface area contributed by atoms with Gasteiger partial charge in [-0.1, -0.05) is 25.5 Å². The number of fused-ring (bicyclic) bond motifs is 6. The molecule has 0 unspecified atom stereocenters. The Morgan fingerprint density at radius 3 is 2.56 bits per heavy atom. The van der Waals surface area contributed by atoms with E-state index >= 15 is 0 Å². The predicted molar refractivity (Wildman–Crippen MR) is 173 cm³/mol. The normalized spacial score (nSPS) is 22.0. The third-order valence-electron chi connectivity index (χ3n) is 10.5. The molecule has 52 heavy (non-hydrogen) atoms. The number of likely N-dealkylation sites (tertiary alicyclic amines) is 1. The number of aromatic nitrogens is 6. The van der Waals surface area contributed by atoms with Gasteiger partial charge in [-0.05, 0) is 62.3 Å². The number of hydrogen-bond donors (Lipinski definition) is 2. The van der Waals surface area contributed by atoms with Crippen LogP contribution in [-0.4, -0.2) is 77.3 Å². The molecule has 4 aliphatic rings. The average molecular weight is 753 g/mol. The fourth-order valence-electron chi connectivity index (χ4n) is 7.92. The van der Waals surface area contributed by atoms with Gasteiger partial charge in [-0.2, -0.15) is 9.50 Å². The molecule has 4 aromatic rings. The summed E-state index contributed by atoms with van der Waals surface area (Å²) in [6.07, 6.45) is 4.83. The highest BCUT2D eigenvalue weighted by atomic mass is 32.5. The van der Waals surface area contributed by atoms with Gasteiger partial charge in [0.05, 0.1) is 24.6 Å². The zero-order chi connectivity index (χ0) is 37.0. The maximum atomic E-state index is 14.7. The van der Waals surface area contributed by atoms with E-state index in [1.54, 1.807) is 17.9 Å². The molecule has 2 N–H and O–H groups in total. The van der Waals surface area contributed by atoms with Crippen molar-refractivity contribution in [3.8, 4) is 5.75 Å². The van der Waals surface area contributed by atoms with Crippen molar-refractivity contribution in [1.29, 1.82) is 0 Å². The first-order valence-corrected chi connectivity index (χ1v) is 18.3. The van der Waals surface area contributed by atoms with Crippen LogP contribution in [0.15, 0.2) is 40.3 Å². The highest BCUT2D eigenvalue weighted by Gasteiger charge is 2.66. The smallest absolute Gasteiger partial charge is 0.310 e. The van der Waals surface area contributed by atoms with E-state index in [4.69, 9.17) is 4.74 Å². The number of amides is 2. The summed E-state index contributed by atoms with van der Waals surface area (Å²) in [5.74, 6) is -3.37. The van der Waals surface area contributed by atoms with Crippen LogP contribution in [-0.2, 0) is 21.5 Å². The molecule has 13 nitrogen and oxygen atoms in total. The minimum atomic E-state index is -10.2. The van der Waals surface area contributed by atoms with Crippen molar-refractivity contribution in [1.82, 2.24) is 34.0 Å². The maximum absolute atomic E-state index is 14.7. The van der Waals surface area contributed by atoms with E-state index in [-0.39, 0.29) is 65.8 Å². The second kappa shape index (κ2) is 10.8. The molecule has 1 spiro atoms. The summed E-state index contributed by atoms with van der Waals surface area (Å²) in [6.45, 7) is 2.13. The average Bonchev–Trinajstić information content (AvgIpc) is 3.68. The van der Waals surface area contributed by atoms with Gasteiger partial charge < -0.3 is 24.6 Å². The molecule has 0 radical (unpaired) electrons. The Labute approximate surface area is 290 Å². The third-order valence-corrected chi connectivity index (χ3v) is 11.6. The van der Waals surface area contributed by atoms with Gasteiger partial charge in [0, 0.05) is 35.7 Å². The lowest BCUT2D eigenvalue weighted by molar-refractivity contribution is -0.116. The molecular weight excluding hydrogens is 722 g/mol. The number of piperidine rings is 1. The number of halogens is 6. The van der Waals surface area contributed by atoms with E-state index in [1.165, 1.54) is 10.9 Å². The zero-order valence-electron chi connectivity index (χ0n) is 27.3. The number of carbonyl (C=O) groups excluding carboxylic acids is 2. The molecule has 20 heteroatoms. The van der Waals surface area contributed by atoms with Gasteiger partial charge in [-0.3, -0.25) is 14.4 Å². The molecule has 2 aliphatic carbocycles. The summed E-state index contributed by atoms with van der Waals surface area (Å²) in [6, 6.07) is 0.0643. The lowest BCUT2D eigenvalue weighted by atomic mass is 9.71. The fraction of sp³-hybridized carbons (Fsp3) is 0.406. The first-order chi connectivity index (χ1) is 24.4. The number of anilines is 1. The van der Waals surface area contributed by atoms with E-state index in [2.05, 4.69) is 25.4 Å². The Hall–Kier alpha value is -4.98. The number of hydrogen-bond acceptors (Lipinski definition) is 9. The van der Waals surface area contributed by atoms with Crippen LogP contribution < -0.4 is 10.9 Å². The first kappa shape index (κ1) is 34.1. The van der Waals surface area contributed by atoms with Crippen LogP contribution in [0.5, 0.6) is 5.75 Å². The Morgan fingerprint density at radius 2 is 1.88 bits per heavy atom. The van der Waals surface area contributed by atoms with Gasteiger partial charge in [0.15, 0.2) is 17.3 Å². The second-order valence-electron chi connectivity index (χ2n) is 13.6. The predicted octanol–water partition coefficient (Wildman–Crippen LogP) is 5.23. The minimum Gasteiger partial charge on any atom is -0.504 e. The van der Waals surface area contributed by atoms with Crippen LogP contribution in [0.25, 0.3) is 11.4 Å². The molecule has 1 aromatic carbocycles. The van der Waals surface area contributed by atoms with Gasteiger partial charge >= 0.3 is 10.2 Å². The molecule has 2 amide bonds. The van der Waals surface area contributed by atoms with E-state index in [9.17, 15) is 43.3 Å². The molecule has 276 valence electrons. The quantitative estimate of drug-likeness (QED) is 0.252. The van der Waals surface area contributed by atoms with Crippen molar-refractivity contribution >= 4 is 39.1 Å². The van der Waals surface area contributed by atoms with Crippen LogP contribution in [0.4, 0.5) is 29.5 Å². The van der Waals surface area contributed by atoms with E-state index in [0.29, 0.717) is 61.8 Å². The minimum absolute atomic E-state index is 0.00482. The second-order valence-corrected chi connectivity index (χ2v) is 16.0. The van der Waals surface area contributed by atoms with Gasteiger partial charge in [-0.25, -0.2) is 14.4 Å². The number of nitrogens with one attached hydrogen (secondary N) is 1. The molecule has 0 bridgehead atoms. The number of aryl methyl sites for hydroxylation is 1. The number of ether oxygens (including phenoxy) is 1. The van der Waals surface area contributed by atoms with Crippen LogP contribution in [0.1, 0.15) is 64.9 Å². The van der Waals surface area contributed by atoms with Crippen molar-refractivity contribution in [2.24, 2.45) is 5.92 Å². The van der Waals surface area contributed by atoms with Crippen LogP contribution in [0, 0.1) is 18.7 Å². The highest BCUT2D eigenvalue weighted by molar-refractivity contribution is 8.45. The summed E-state index contributed by atoms with van der Waals surface area (Å²) in [5.41, 5.74) is -0.135. The standard InChI is InChI=1S/C32H30F6N8O5S/c1-16-27(48)25(40-15-39-16)30(50)44-8-6-32(7-9-44)20-13-19(20)26-24(32)29(49)46-31(42-28(43-46)17-4-10-51-11-5-17)45(26)14-23(47)41-22-3-2-18(12-21(22)33)52(34,35,36,37)38/h2-4,12,15,19-20,48H,5-11,13-14H2,1H3,(H,41,47)/t19-,20+/m0/s1. The molecular formula is C32H30F6N8O5S. The number of carbonyl (C=O) groups is 2. The number of aromatic hydroxyl groups is 1. The molecule has 1 saturated carbocycles. The van der Waals surface area contributed by atoms with E-state index in [1.807, 2.05) is 0 Å². The van der Waals surface area contributed by atoms with Crippen molar-refractivity contribution in [2.45, 2.75) is 55.4 Å². The lowest BCUT2D eigenvalue weighted by Gasteiger charge is -2.41. The van der Waals surface area contributed by atoms with Gasteiger partial charge in [0.2, 0.25) is 11.7 Å². The zero-order valence-corrected chi connectivity index (χ0v) is 28.1. The molecule has 2 fully saturated rings. The molecule has 8 rings (SSSR count). The highest BCUT2D eigenvalue weighted by Crippen LogP contribution is 3.02. The first-order valence-electron chi connectivity index (χ1n) is 16.3. The Morgan fingerprint density at radius 1 is 1.13 bits per heavy atom. The Bertz CT molecular complexity index is 2320. The van der Waals surface area contributed by atoms with Crippen molar-refractivity contribution in [3.63, 3.8) is 0 Å². The number of benzene rings is 1. The Kier molecular flexibility index (Phi) is 7.07. The monoisotopic (exact) mass is 752 g/mol. The van der Waals surface area contributed by atoms with Gasteiger partial charge in [0.25, 0.3) is 11.5 Å². The summed E-state index contributed by atoms with van der Waals surface area (Å²) in [5, 5.41) is 17.1. The van der Waals surface area contributed by atoms with Crippen LogP contribution in [0.2, 0.25) is 0 Å². The fourth-order valence-corrected chi connectivity index (χ4v) is 8.57.